The molecule has 0 aromatic carbocycles. The number of fused-ring (bicyclic) bond motifs is 7. The second kappa shape index (κ2) is 21.0. The second-order valence-electron chi connectivity index (χ2n) is 25.8. The zero-order valence-electron chi connectivity index (χ0n) is 44.4. The van der Waals surface area contributed by atoms with Gasteiger partial charge >= 0.3 is 11.9 Å². The van der Waals surface area contributed by atoms with Gasteiger partial charge in [0.15, 0.2) is 25.0 Å². The molecule has 4 aliphatic heterocycles. The van der Waals surface area contributed by atoms with E-state index in [0.717, 1.165) is 25.7 Å². The molecule has 0 spiro atoms. The van der Waals surface area contributed by atoms with Crippen molar-refractivity contribution in [2.45, 2.75) is 235 Å². The minimum absolute atomic E-state index is 0.0281. The van der Waals surface area contributed by atoms with Gasteiger partial charge in [-0.1, -0.05) is 60.1 Å². The molecule has 9 aliphatic rings. The molecule has 23 heteroatoms. The van der Waals surface area contributed by atoms with E-state index in [-0.39, 0.29) is 39.4 Å². The number of carboxylic acids is 1. The summed E-state index contributed by atoms with van der Waals surface area (Å²) in [7, 11) is 0. The summed E-state index contributed by atoms with van der Waals surface area (Å²) in [5.74, 6) is -2.16. The van der Waals surface area contributed by atoms with Crippen molar-refractivity contribution in [1.82, 2.24) is 0 Å². The average Bonchev–Trinajstić information content (AvgIpc) is 3.66. The molecule has 23 nitrogen and oxygen atoms in total. The third kappa shape index (κ3) is 9.33. The Bertz CT molecular complexity index is 2140. The highest BCUT2D eigenvalue weighted by Gasteiger charge is 2.70. The van der Waals surface area contributed by atoms with Gasteiger partial charge in [0.2, 0.25) is 6.29 Å². The van der Waals surface area contributed by atoms with Gasteiger partial charge in [-0.05, 0) is 109 Å². The molecule has 76 heavy (non-hydrogen) atoms. The van der Waals surface area contributed by atoms with Crippen LogP contribution in [0.4, 0.5) is 0 Å². The fraction of sp³-hybridized carbons (Fsp3) is 0.925. The summed E-state index contributed by atoms with van der Waals surface area (Å²) >= 11 is 0. The molecule has 0 aromatic rings. The third-order valence-corrected chi connectivity index (χ3v) is 21.0. The lowest BCUT2D eigenvalue weighted by atomic mass is 9.33. The van der Waals surface area contributed by atoms with Crippen molar-refractivity contribution in [3.05, 3.63) is 11.6 Å². The number of aliphatic carboxylic acids is 1. The maximum atomic E-state index is 14.8. The molecule has 4 heterocycles. The molecule has 4 saturated heterocycles. The van der Waals surface area contributed by atoms with E-state index in [9.17, 15) is 76.0 Å². The van der Waals surface area contributed by atoms with E-state index >= 15 is 0 Å². The molecular weight excluding hydrogens is 1000 g/mol. The van der Waals surface area contributed by atoms with E-state index in [4.69, 9.17) is 37.9 Å². The van der Waals surface area contributed by atoms with Crippen molar-refractivity contribution in [2.24, 2.45) is 50.2 Å². The Morgan fingerprint density at radius 1 is 0.566 bits per heavy atom. The van der Waals surface area contributed by atoms with Crippen LogP contribution in [0.1, 0.15) is 113 Å². The smallest absolute Gasteiger partial charge is 0.335 e. The predicted molar refractivity (Wildman–Crippen MR) is 257 cm³/mol. The summed E-state index contributed by atoms with van der Waals surface area (Å²) in [4.78, 5) is 27.9. The van der Waals surface area contributed by atoms with Gasteiger partial charge in [0.05, 0.1) is 31.3 Å². The van der Waals surface area contributed by atoms with Gasteiger partial charge in [0.1, 0.15) is 85.5 Å². The Morgan fingerprint density at radius 3 is 1.66 bits per heavy atom. The van der Waals surface area contributed by atoms with Crippen LogP contribution in [0.5, 0.6) is 0 Å². The van der Waals surface area contributed by atoms with Crippen LogP contribution in [0.15, 0.2) is 11.6 Å². The highest BCUT2D eigenvalue weighted by atomic mass is 16.8. The molecule has 0 bridgehead atoms. The van der Waals surface area contributed by atoms with Crippen molar-refractivity contribution in [3.8, 4) is 0 Å². The predicted octanol–water partition coefficient (Wildman–Crippen LogP) is -1.30. The zero-order valence-corrected chi connectivity index (χ0v) is 44.4. The van der Waals surface area contributed by atoms with Gasteiger partial charge in [-0.3, -0.25) is 4.79 Å². The minimum atomic E-state index is -2.03. The Kier molecular flexibility index (Phi) is 16.2. The molecule has 0 unspecified atom stereocenters. The number of esters is 1. The van der Waals surface area contributed by atoms with Crippen molar-refractivity contribution >= 4 is 11.9 Å². The maximum absolute atomic E-state index is 14.8. The lowest BCUT2D eigenvalue weighted by molar-refractivity contribution is -0.378. The van der Waals surface area contributed by atoms with E-state index < -0.39 is 165 Å². The minimum Gasteiger partial charge on any atom is -0.479 e. The molecule has 9 rings (SSSR count). The van der Waals surface area contributed by atoms with Crippen LogP contribution >= 0.6 is 0 Å². The highest BCUT2D eigenvalue weighted by molar-refractivity contribution is 5.79. The van der Waals surface area contributed by atoms with Gasteiger partial charge in [-0.25, -0.2) is 4.79 Å². The van der Waals surface area contributed by atoms with E-state index in [1.807, 2.05) is 0 Å². The number of aliphatic hydroxyl groups excluding tert-OH is 12. The van der Waals surface area contributed by atoms with E-state index in [2.05, 4.69) is 54.5 Å². The van der Waals surface area contributed by atoms with Gasteiger partial charge in [0.25, 0.3) is 0 Å². The monoisotopic (exact) mass is 1090 g/mol. The average molecular weight is 1090 g/mol. The largest absolute Gasteiger partial charge is 0.479 e. The fourth-order valence-corrected chi connectivity index (χ4v) is 16.3. The molecule has 13 N–H and O–H groups in total. The molecule has 8 fully saturated rings. The van der Waals surface area contributed by atoms with Crippen molar-refractivity contribution in [1.29, 1.82) is 0 Å². The number of ether oxygens (including phenoxy) is 8. The van der Waals surface area contributed by atoms with Crippen LogP contribution in [-0.4, -0.2) is 221 Å². The number of carbonyl (C=O) groups is 2. The number of aliphatic hydroxyl groups is 12. The Hall–Kier alpha value is -2.08. The third-order valence-electron chi connectivity index (χ3n) is 21.0. The Labute approximate surface area is 442 Å². The number of allylic oxidation sites excluding steroid dienone is 2. The second-order valence-corrected chi connectivity index (χ2v) is 25.8. The summed E-state index contributed by atoms with van der Waals surface area (Å²) in [6.07, 6.45) is -24.5. The SMILES string of the molecule is CC1(C)CC[C@]2(C(=O)O[C@@H]3O[C@H](CO)[C@@H](O)[C@H](O)[C@H]3O)CC[C@]3(C)C(=CC[C@@H]4[C@@]5(C)CC[C@H](O[C@@H]6O[C@H](C(=O)O)[C@@H](O[C@@H]7O[C@H](CO)[C@@H](O)[C@@H]7O)[C@H](O[C@@H]7O[C@H](CO)[C@@H](O)[C@H](O)[C@H]7O)[C@H]6O)C(C)(C)[C@@H]5CC[C@]43C)[C@@H]2C1. The lowest BCUT2D eigenvalue weighted by Gasteiger charge is -2.71. The molecule has 0 amide bonds. The van der Waals surface area contributed by atoms with Crippen LogP contribution in [-0.2, 0) is 47.5 Å². The number of carbonyl (C=O) groups excluding carboxylic acids is 1. The summed E-state index contributed by atoms with van der Waals surface area (Å²) in [5, 5.41) is 138. The first-order valence-corrected chi connectivity index (χ1v) is 27.2. The van der Waals surface area contributed by atoms with Crippen molar-refractivity contribution < 1.29 is 114 Å². The topological polar surface area (TPSA) is 371 Å². The zero-order chi connectivity index (χ0) is 55.6. The Morgan fingerprint density at radius 2 is 1.08 bits per heavy atom. The van der Waals surface area contributed by atoms with Gasteiger partial charge < -0.3 is 104 Å². The van der Waals surface area contributed by atoms with E-state index in [0.29, 0.717) is 38.5 Å². The Balaban J connectivity index is 0.970. The first kappa shape index (κ1) is 58.6. The fourth-order valence-electron chi connectivity index (χ4n) is 16.3. The van der Waals surface area contributed by atoms with Crippen LogP contribution in [0.3, 0.4) is 0 Å². The van der Waals surface area contributed by atoms with Gasteiger partial charge in [-0.15, -0.1) is 0 Å². The number of hydrogen-bond donors (Lipinski definition) is 13. The highest BCUT2D eigenvalue weighted by Crippen LogP contribution is 2.76. The molecule has 27 atom stereocenters. The standard InChI is InChI=1S/C53H84O23/c1-48(2)14-16-53(47(68)76-45-37(64)34(61)31(58)25(20-55)71-45)17-15-51(6)22(23(53)18-48)8-9-28-50(5)12-11-29(49(3,4)27(50)10-13-52(28,51)7)72-46-38(65)39(73-44-36(63)33(60)30(57)24(19-54)69-44)40(41(75-46)42(66)67)74-43-35(62)32(59)26(21-56)70-43/h8,23-41,43-46,54-65H,9-21H2,1-7H3,(H,66,67)/t23-,24+,25+,26+,27-,28+,29-,30+,31+,32+,33-,34-,35-,36+,37+,38+,39+,40-,41-,43-,44-,45-,46+,50-,51+,52+,53-/m0/s1. The number of rotatable bonds is 12. The molecule has 0 aromatic heterocycles. The van der Waals surface area contributed by atoms with Crippen LogP contribution < -0.4 is 0 Å². The number of carboxylic acid groups (broad SMARTS) is 1. The molecular formula is C53H84O23. The normalized spacial score (nSPS) is 52.8. The first-order valence-electron chi connectivity index (χ1n) is 27.2. The summed E-state index contributed by atoms with van der Waals surface area (Å²) in [6, 6.07) is 0. The molecule has 0 radical (unpaired) electrons. The van der Waals surface area contributed by atoms with Crippen LogP contribution in [0, 0.1) is 50.2 Å². The van der Waals surface area contributed by atoms with E-state index in [1.54, 1.807) is 0 Å². The molecule has 434 valence electrons. The van der Waals surface area contributed by atoms with Gasteiger partial charge in [-0.2, -0.15) is 0 Å². The van der Waals surface area contributed by atoms with E-state index in [1.165, 1.54) is 5.57 Å². The lowest BCUT2D eigenvalue weighted by Crippen LogP contribution is -2.68. The van der Waals surface area contributed by atoms with Crippen LogP contribution in [0.25, 0.3) is 0 Å². The quantitative estimate of drug-likeness (QED) is 0.0613. The maximum Gasteiger partial charge on any atom is 0.335 e. The van der Waals surface area contributed by atoms with Gasteiger partial charge in [0, 0.05) is 0 Å². The molecule has 4 saturated carbocycles. The number of hydrogen-bond acceptors (Lipinski definition) is 22. The van der Waals surface area contributed by atoms with Crippen LogP contribution in [0.2, 0.25) is 0 Å². The van der Waals surface area contributed by atoms with Crippen molar-refractivity contribution in [2.75, 3.05) is 19.8 Å². The summed E-state index contributed by atoms with van der Waals surface area (Å²) in [6.45, 7) is 13.5. The molecule has 5 aliphatic carbocycles. The van der Waals surface area contributed by atoms with Crippen molar-refractivity contribution in [3.63, 3.8) is 0 Å². The summed E-state index contributed by atoms with van der Waals surface area (Å²) in [5.41, 5.74) is -1.33. The first-order chi connectivity index (χ1) is 35.5. The summed E-state index contributed by atoms with van der Waals surface area (Å²) < 4.78 is 47.6.